The number of carbonyl (C=O) groups is 1. The molecule has 0 heterocycles. The first-order chi connectivity index (χ1) is 10.1. The normalized spacial score (nSPS) is 10.5. The highest BCUT2D eigenvalue weighted by Crippen LogP contribution is 2.22. The van der Waals surface area contributed by atoms with Gasteiger partial charge in [0.15, 0.2) is 0 Å². The van der Waals surface area contributed by atoms with Gasteiger partial charge in [0.05, 0.1) is 5.56 Å². The molecule has 0 saturated heterocycles. The molecule has 2 N–H and O–H groups in total. The standard InChI is InChI=1S/C17H12O4/c18-14-5-7-16(8-6-14)21-17(20)13-2-1-12-10-15(19)4-3-11(12)9-13/h1-10,18-19H. The van der Waals surface area contributed by atoms with E-state index in [1.54, 1.807) is 36.4 Å². The number of esters is 1. The monoisotopic (exact) mass is 280 g/mol. The van der Waals surface area contributed by atoms with Gasteiger partial charge in [0.25, 0.3) is 0 Å². The summed E-state index contributed by atoms with van der Waals surface area (Å²) in [6, 6.07) is 16.0. The molecule has 0 aromatic heterocycles. The minimum atomic E-state index is -0.476. The summed E-state index contributed by atoms with van der Waals surface area (Å²) in [6.45, 7) is 0. The van der Waals surface area contributed by atoms with Crippen molar-refractivity contribution >= 4 is 16.7 Å². The smallest absolute Gasteiger partial charge is 0.343 e. The van der Waals surface area contributed by atoms with Crippen LogP contribution in [0.4, 0.5) is 0 Å². The number of ether oxygens (including phenoxy) is 1. The number of rotatable bonds is 2. The van der Waals surface area contributed by atoms with E-state index in [0.29, 0.717) is 11.3 Å². The average molecular weight is 280 g/mol. The maximum atomic E-state index is 12.1. The van der Waals surface area contributed by atoms with E-state index in [0.717, 1.165) is 10.8 Å². The molecule has 0 aliphatic carbocycles. The predicted octanol–water partition coefficient (Wildman–Crippen LogP) is 3.47. The van der Waals surface area contributed by atoms with Crippen LogP contribution in [0.1, 0.15) is 10.4 Å². The molecule has 3 aromatic carbocycles. The van der Waals surface area contributed by atoms with Crippen molar-refractivity contribution in [3.63, 3.8) is 0 Å². The molecule has 21 heavy (non-hydrogen) atoms. The van der Waals surface area contributed by atoms with Gasteiger partial charge < -0.3 is 14.9 Å². The Morgan fingerprint density at radius 2 is 1.38 bits per heavy atom. The van der Waals surface area contributed by atoms with Gasteiger partial charge >= 0.3 is 5.97 Å². The van der Waals surface area contributed by atoms with Crippen molar-refractivity contribution in [3.05, 3.63) is 66.2 Å². The molecule has 0 aliphatic heterocycles. The Morgan fingerprint density at radius 3 is 2.14 bits per heavy atom. The summed E-state index contributed by atoms with van der Waals surface area (Å²) in [4.78, 5) is 12.1. The van der Waals surface area contributed by atoms with Crippen LogP contribution in [0, 0.1) is 0 Å². The zero-order valence-electron chi connectivity index (χ0n) is 11.0. The van der Waals surface area contributed by atoms with Crippen molar-refractivity contribution in [2.24, 2.45) is 0 Å². The molecule has 0 unspecified atom stereocenters. The first-order valence-electron chi connectivity index (χ1n) is 6.36. The quantitative estimate of drug-likeness (QED) is 0.557. The van der Waals surface area contributed by atoms with Crippen LogP contribution in [0.5, 0.6) is 17.2 Å². The summed E-state index contributed by atoms with van der Waals surface area (Å²) in [5.74, 6) is 0.182. The number of phenols is 2. The van der Waals surface area contributed by atoms with Crippen molar-refractivity contribution < 1.29 is 19.7 Å². The number of hydrogen-bond acceptors (Lipinski definition) is 4. The Hall–Kier alpha value is -3.01. The number of carbonyl (C=O) groups excluding carboxylic acids is 1. The Balaban J connectivity index is 1.87. The van der Waals surface area contributed by atoms with E-state index in [2.05, 4.69) is 0 Å². The van der Waals surface area contributed by atoms with E-state index < -0.39 is 5.97 Å². The summed E-state index contributed by atoms with van der Waals surface area (Å²) in [5, 5.41) is 20.3. The molecule has 0 atom stereocenters. The van der Waals surface area contributed by atoms with Crippen LogP contribution in [0.25, 0.3) is 10.8 Å². The molecule has 0 radical (unpaired) electrons. The molecule has 0 aliphatic rings. The van der Waals surface area contributed by atoms with Crippen LogP contribution in [0.3, 0.4) is 0 Å². The first-order valence-corrected chi connectivity index (χ1v) is 6.36. The maximum absolute atomic E-state index is 12.1. The maximum Gasteiger partial charge on any atom is 0.343 e. The number of phenolic OH excluding ortho intramolecular Hbond substituents is 2. The Kier molecular flexibility index (Phi) is 3.20. The number of benzene rings is 3. The first kappa shape index (κ1) is 13.0. The third-order valence-electron chi connectivity index (χ3n) is 3.11. The van der Waals surface area contributed by atoms with Crippen LogP contribution < -0.4 is 4.74 Å². The molecule has 0 saturated carbocycles. The van der Waals surface area contributed by atoms with Gasteiger partial charge in [-0.1, -0.05) is 12.1 Å². The summed E-state index contributed by atoms with van der Waals surface area (Å²) in [6.07, 6.45) is 0. The van der Waals surface area contributed by atoms with Crippen LogP contribution in [-0.2, 0) is 0 Å². The Labute approximate surface area is 120 Å². The molecular weight excluding hydrogens is 268 g/mol. The van der Waals surface area contributed by atoms with Gasteiger partial charge in [-0.2, -0.15) is 0 Å². The molecule has 3 rings (SSSR count). The molecule has 4 heteroatoms. The Morgan fingerprint density at radius 1 is 0.762 bits per heavy atom. The third kappa shape index (κ3) is 2.79. The third-order valence-corrected chi connectivity index (χ3v) is 3.11. The van der Waals surface area contributed by atoms with Crippen LogP contribution in [-0.4, -0.2) is 16.2 Å². The highest BCUT2D eigenvalue weighted by Gasteiger charge is 2.09. The number of fused-ring (bicyclic) bond motifs is 1. The second kappa shape index (κ2) is 5.17. The van der Waals surface area contributed by atoms with E-state index >= 15 is 0 Å². The topological polar surface area (TPSA) is 66.8 Å². The van der Waals surface area contributed by atoms with E-state index in [-0.39, 0.29) is 11.5 Å². The van der Waals surface area contributed by atoms with Gasteiger partial charge in [-0.05, 0) is 59.3 Å². The molecule has 104 valence electrons. The van der Waals surface area contributed by atoms with Crippen molar-refractivity contribution in [2.45, 2.75) is 0 Å². The highest BCUT2D eigenvalue weighted by molar-refractivity contribution is 5.96. The van der Waals surface area contributed by atoms with Gasteiger partial charge in [-0.15, -0.1) is 0 Å². The zero-order valence-corrected chi connectivity index (χ0v) is 11.0. The molecular formula is C17H12O4. The van der Waals surface area contributed by atoms with E-state index in [4.69, 9.17) is 4.74 Å². The minimum Gasteiger partial charge on any atom is -0.508 e. The van der Waals surface area contributed by atoms with E-state index in [9.17, 15) is 15.0 Å². The fourth-order valence-electron chi connectivity index (χ4n) is 2.04. The lowest BCUT2D eigenvalue weighted by Gasteiger charge is -2.06. The minimum absolute atomic E-state index is 0.111. The number of aromatic hydroxyl groups is 2. The van der Waals surface area contributed by atoms with Crippen molar-refractivity contribution in [3.8, 4) is 17.2 Å². The zero-order chi connectivity index (χ0) is 14.8. The van der Waals surface area contributed by atoms with Crippen molar-refractivity contribution in [2.75, 3.05) is 0 Å². The van der Waals surface area contributed by atoms with E-state index in [1.165, 1.54) is 24.3 Å². The molecule has 3 aromatic rings. The second-order valence-corrected chi connectivity index (χ2v) is 4.63. The van der Waals surface area contributed by atoms with Crippen molar-refractivity contribution in [1.82, 2.24) is 0 Å². The van der Waals surface area contributed by atoms with Gasteiger partial charge in [0.1, 0.15) is 17.2 Å². The van der Waals surface area contributed by atoms with Crippen LogP contribution >= 0.6 is 0 Å². The lowest BCUT2D eigenvalue weighted by Crippen LogP contribution is -2.08. The summed E-state index contributed by atoms with van der Waals surface area (Å²) >= 11 is 0. The van der Waals surface area contributed by atoms with E-state index in [1.807, 2.05) is 0 Å². The van der Waals surface area contributed by atoms with Gasteiger partial charge in [0.2, 0.25) is 0 Å². The summed E-state index contributed by atoms with van der Waals surface area (Å²) in [5.41, 5.74) is 0.418. The fourth-order valence-corrected chi connectivity index (χ4v) is 2.04. The average Bonchev–Trinajstić information content (AvgIpc) is 2.49. The summed E-state index contributed by atoms with van der Waals surface area (Å²) in [7, 11) is 0. The summed E-state index contributed by atoms with van der Waals surface area (Å²) < 4.78 is 5.23. The number of hydrogen-bond donors (Lipinski definition) is 2. The molecule has 4 nitrogen and oxygen atoms in total. The van der Waals surface area contributed by atoms with Gasteiger partial charge in [0, 0.05) is 0 Å². The lowest BCUT2D eigenvalue weighted by molar-refractivity contribution is 0.0735. The van der Waals surface area contributed by atoms with Crippen LogP contribution in [0.2, 0.25) is 0 Å². The second-order valence-electron chi connectivity index (χ2n) is 4.63. The van der Waals surface area contributed by atoms with Crippen molar-refractivity contribution in [1.29, 1.82) is 0 Å². The van der Waals surface area contributed by atoms with Gasteiger partial charge in [-0.3, -0.25) is 0 Å². The molecule has 0 spiro atoms. The van der Waals surface area contributed by atoms with Gasteiger partial charge in [-0.25, -0.2) is 4.79 Å². The largest absolute Gasteiger partial charge is 0.508 e. The molecule has 0 bridgehead atoms. The van der Waals surface area contributed by atoms with Crippen LogP contribution in [0.15, 0.2) is 60.7 Å². The fraction of sp³-hybridized carbons (Fsp3) is 0. The molecule has 0 fully saturated rings. The lowest BCUT2D eigenvalue weighted by atomic mass is 10.1. The Bertz CT molecular complexity index is 807. The predicted molar refractivity (Wildman–Crippen MR) is 78.7 cm³/mol. The highest BCUT2D eigenvalue weighted by atomic mass is 16.5. The molecule has 0 amide bonds. The SMILES string of the molecule is O=C(Oc1ccc(O)cc1)c1ccc2cc(O)ccc2c1.